The van der Waals surface area contributed by atoms with E-state index in [1.165, 1.54) is 0 Å². The van der Waals surface area contributed by atoms with E-state index in [0.29, 0.717) is 11.6 Å². The van der Waals surface area contributed by atoms with Gasteiger partial charge in [-0.05, 0) is 47.9 Å². The number of aromatic nitrogens is 2. The SMILES string of the molecule is Cc1nc2ccc(C(=O)O)cc2n1Cc1ccc(C=Cc2ccccc2)cc1Cl. The number of carboxylic acids is 1. The molecular formula is C24H19ClN2O2. The minimum Gasteiger partial charge on any atom is -0.478 e. The van der Waals surface area contributed by atoms with Gasteiger partial charge in [-0.2, -0.15) is 0 Å². The maximum atomic E-state index is 11.3. The van der Waals surface area contributed by atoms with E-state index >= 15 is 0 Å². The molecule has 0 bridgehead atoms. The van der Waals surface area contributed by atoms with Crippen LogP contribution in [0.4, 0.5) is 0 Å². The van der Waals surface area contributed by atoms with Crippen molar-refractivity contribution in [2.75, 3.05) is 0 Å². The summed E-state index contributed by atoms with van der Waals surface area (Å²) in [5, 5.41) is 9.94. The lowest BCUT2D eigenvalue weighted by Gasteiger charge is -2.10. The van der Waals surface area contributed by atoms with Gasteiger partial charge in [-0.15, -0.1) is 0 Å². The predicted molar refractivity (Wildman–Crippen MR) is 117 cm³/mol. The first-order valence-electron chi connectivity index (χ1n) is 9.23. The highest BCUT2D eigenvalue weighted by Gasteiger charge is 2.12. The number of hydrogen-bond acceptors (Lipinski definition) is 2. The topological polar surface area (TPSA) is 55.1 Å². The van der Waals surface area contributed by atoms with Gasteiger partial charge in [0.25, 0.3) is 0 Å². The second-order valence-corrected chi connectivity index (χ2v) is 7.26. The third-order valence-electron chi connectivity index (χ3n) is 4.86. The number of imidazole rings is 1. The fraction of sp³-hybridized carbons (Fsp3) is 0.0833. The second-order valence-electron chi connectivity index (χ2n) is 6.85. The Hall–Kier alpha value is -3.37. The number of benzene rings is 3. The molecule has 0 fully saturated rings. The molecule has 0 radical (unpaired) electrons. The van der Waals surface area contributed by atoms with Crippen LogP contribution in [0.3, 0.4) is 0 Å². The Morgan fingerprint density at radius 2 is 1.79 bits per heavy atom. The van der Waals surface area contributed by atoms with Crippen molar-refractivity contribution in [3.8, 4) is 0 Å². The van der Waals surface area contributed by atoms with Crippen LogP contribution >= 0.6 is 11.6 Å². The Balaban J connectivity index is 1.63. The van der Waals surface area contributed by atoms with Crippen LogP contribution < -0.4 is 0 Å². The van der Waals surface area contributed by atoms with Crippen LogP contribution in [0.15, 0.2) is 66.7 Å². The van der Waals surface area contributed by atoms with Gasteiger partial charge in [-0.25, -0.2) is 9.78 Å². The van der Waals surface area contributed by atoms with E-state index < -0.39 is 5.97 Å². The van der Waals surface area contributed by atoms with E-state index in [1.54, 1.807) is 18.2 Å². The zero-order valence-electron chi connectivity index (χ0n) is 15.8. The van der Waals surface area contributed by atoms with Gasteiger partial charge in [0.1, 0.15) is 5.82 Å². The summed E-state index contributed by atoms with van der Waals surface area (Å²) in [4.78, 5) is 15.9. The second kappa shape index (κ2) is 7.94. The first-order chi connectivity index (χ1) is 14.0. The summed E-state index contributed by atoms with van der Waals surface area (Å²) in [6.07, 6.45) is 4.08. The quantitative estimate of drug-likeness (QED) is 0.422. The van der Waals surface area contributed by atoms with Crippen LogP contribution in [-0.2, 0) is 6.54 Å². The lowest BCUT2D eigenvalue weighted by atomic mass is 10.1. The third kappa shape index (κ3) is 4.08. The summed E-state index contributed by atoms with van der Waals surface area (Å²) >= 11 is 6.55. The van der Waals surface area contributed by atoms with E-state index in [1.807, 2.05) is 72.2 Å². The summed E-state index contributed by atoms with van der Waals surface area (Å²) in [6, 6.07) is 21.0. The molecule has 0 atom stereocenters. The summed E-state index contributed by atoms with van der Waals surface area (Å²) in [7, 11) is 0. The van der Waals surface area contributed by atoms with E-state index in [2.05, 4.69) is 4.98 Å². The Morgan fingerprint density at radius 1 is 1.03 bits per heavy atom. The number of fused-ring (bicyclic) bond motifs is 1. The van der Waals surface area contributed by atoms with E-state index in [-0.39, 0.29) is 5.56 Å². The first kappa shape index (κ1) is 19.0. The number of aromatic carboxylic acids is 1. The fourth-order valence-electron chi connectivity index (χ4n) is 3.30. The lowest BCUT2D eigenvalue weighted by Crippen LogP contribution is -2.04. The first-order valence-corrected chi connectivity index (χ1v) is 9.61. The van der Waals surface area contributed by atoms with Gasteiger partial charge in [-0.1, -0.05) is 66.2 Å². The highest BCUT2D eigenvalue weighted by molar-refractivity contribution is 6.31. The number of aryl methyl sites for hydroxylation is 1. The maximum Gasteiger partial charge on any atom is 0.335 e. The number of rotatable bonds is 5. The molecule has 0 aliphatic carbocycles. The molecule has 0 unspecified atom stereocenters. The zero-order valence-corrected chi connectivity index (χ0v) is 16.6. The molecule has 4 nitrogen and oxygen atoms in total. The van der Waals surface area contributed by atoms with Crippen molar-refractivity contribution in [1.82, 2.24) is 9.55 Å². The number of nitrogens with zero attached hydrogens (tertiary/aromatic N) is 2. The average molecular weight is 403 g/mol. The van der Waals surface area contributed by atoms with Gasteiger partial charge in [0.2, 0.25) is 0 Å². The molecule has 0 saturated carbocycles. The van der Waals surface area contributed by atoms with Crippen molar-refractivity contribution in [1.29, 1.82) is 0 Å². The highest BCUT2D eigenvalue weighted by Crippen LogP contribution is 2.24. The molecule has 29 heavy (non-hydrogen) atoms. The number of carboxylic acid groups (broad SMARTS) is 1. The van der Waals surface area contributed by atoms with E-state index in [0.717, 1.165) is 33.5 Å². The molecule has 144 valence electrons. The minimum absolute atomic E-state index is 0.242. The van der Waals surface area contributed by atoms with Crippen LogP contribution in [0.1, 0.15) is 32.9 Å². The summed E-state index contributed by atoms with van der Waals surface area (Å²) in [5.74, 6) is -0.142. The van der Waals surface area contributed by atoms with Crippen molar-refractivity contribution in [2.24, 2.45) is 0 Å². The number of hydrogen-bond donors (Lipinski definition) is 1. The van der Waals surface area contributed by atoms with Gasteiger partial charge in [-0.3, -0.25) is 0 Å². The third-order valence-corrected chi connectivity index (χ3v) is 5.21. The van der Waals surface area contributed by atoms with Crippen LogP contribution in [0.2, 0.25) is 5.02 Å². The van der Waals surface area contributed by atoms with Gasteiger partial charge >= 0.3 is 5.97 Å². The Labute approximate surface area is 173 Å². The molecular weight excluding hydrogens is 384 g/mol. The van der Waals surface area contributed by atoms with Crippen LogP contribution in [0, 0.1) is 6.92 Å². The van der Waals surface area contributed by atoms with Gasteiger partial charge in [0.05, 0.1) is 23.1 Å². The van der Waals surface area contributed by atoms with Crippen LogP contribution in [0.25, 0.3) is 23.2 Å². The maximum absolute atomic E-state index is 11.3. The monoisotopic (exact) mass is 402 g/mol. The fourth-order valence-corrected chi connectivity index (χ4v) is 3.55. The normalized spacial score (nSPS) is 11.4. The molecule has 4 rings (SSSR count). The molecule has 4 aromatic rings. The highest BCUT2D eigenvalue weighted by atomic mass is 35.5. The minimum atomic E-state index is -0.954. The molecule has 0 amide bonds. The van der Waals surface area contributed by atoms with Crippen LogP contribution in [0.5, 0.6) is 0 Å². The van der Waals surface area contributed by atoms with Crippen molar-refractivity contribution in [3.63, 3.8) is 0 Å². The lowest BCUT2D eigenvalue weighted by molar-refractivity contribution is 0.0697. The standard InChI is InChI=1S/C24H19ClN2O2/c1-16-26-22-12-11-19(24(28)29)14-23(22)27(16)15-20-10-9-18(13-21(20)25)8-7-17-5-3-2-4-6-17/h2-14H,15H2,1H3,(H,28,29). The summed E-state index contributed by atoms with van der Waals surface area (Å²) < 4.78 is 1.99. The molecule has 3 aromatic carbocycles. The molecule has 0 aliphatic rings. The molecule has 1 heterocycles. The van der Waals surface area contributed by atoms with Crippen LogP contribution in [-0.4, -0.2) is 20.6 Å². The Kier molecular flexibility index (Phi) is 5.19. The van der Waals surface area contributed by atoms with Gasteiger partial charge < -0.3 is 9.67 Å². The molecule has 0 aliphatic heterocycles. The van der Waals surface area contributed by atoms with Crippen molar-refractivity contribution >= 4 is 40.8 Å². The summed E-state index contributed by atoms with van der Waals surface area (Å²) in [6.45, 7) is 2.43. The van der Waals surface area contributed by atoms with Crippen molar-refractivity contribution in [3.05, 3.63) is 99.8 Å². The molecule has 0 spiro atoms. The van der Waals surface area contributed by atoms with Crippen molar-refractivity contribution < 1.29 is 9.90 Å². The molecule has 1 N–H and O–H groups in total. The van der Waals surface area contributed by atoms with Gasteiger partial charge in [0.15, 0.2) is 0 Å². The smallest absolute Gasteiger partial charge is 0.335 e. The number of carbonyl (C=O) groups is 1. The Bertz CT molecular complexity index is 1230. The molecule has 5 heteroatoms. The predicted octanol–water partition coefficient (Wildman–Crippen LogP) is 5.92. The largest absolute Gasteiger partial charge is 0.478 e. The molecule has 1 aromatic heterocycles. The zero-order chi connectivity index (χ0) is 20.4. The van der Waals surface area contributed by atoms with Crippen molar-refractivity contribution in [2.45, 2.75) is 13.5 Å². The summed E-state index contributed by atoms with van der Waals surface area (Å²) in [5.41, 5.74) is 4.89. The number of halogens is 1. The van der Waals surface area contributed by atoms with Gasteiger partial charge in [0, 0.05) is 5.02 Å². The van der Waals surface area contributed by atoms with E-state index in [9.17, 15) is 9.90 Å². The van der Waals surface area contributed by atoms with E-state index in [4.69, 9.17) is 11.6 Å². The average Bonchev–Trinajstić information content (AvgIpc) is 3.03. The molecule has 0 saturated heterocycles. The Morgan fingerprint density at radius 3 is 2.52 bits per heavy atom.